The van der Waals surface area contributed by atoms with Gasteiger partial charge in [0.2, 0.25) is 0 Å². The third-order valence-electron chi connectivity index (χ3n) is 1.42. The second-order valence-electron chi connectivity index (χ2n) is 2.70. The van der Waals surface area contributed by atoms with Gasteiger partial charge in [-0.05, 0) is 41.5 Å². The van der Waals surface area contributed by atoms with Crippen molar-refractivity contribution in [3.8, 4) is 0 Å². The van der Waals surface area contributed by atoms with Crippen molar-refractivity contribution in [3.63, 3.8) is 0 Å². The molecule has 1 unspecified atom stereocenters. The van der Waals surface area contributed by atoms with Gasteiger partial charge in [-0.2, -0.15) is 0 Å². The summed E-state index contributed by atoms with van der Waals surface area (Å²) in [6, 6.07) is 0. The molecule has 0 aliphatic carbocycles. The second-order valence-corrected chi connectivity index (χ2v) is 4.74. The molecular weight excluding hydrogens is 306 g/mol. The maximum Gasteiger partial charge on any atom is 0.0605 e. The molecule has 0 aromatic heterocycles. The predicted molar refractivity (Wildman–Crippen MR) is 77.8 cm³/mol. The average molecular weight is 328 g/mol. The molecule has 0 radical (unpaired) electrons. The van der Waals surface area contributed by atoms with E-state index in [1.807, 2.05) is 41.8 Å². The zero-order valence-electron chi connectivity index (χ0n) is 10.1. The minimum absolute atomic E-state index is 0.709. The van der Waals surface area contributed by atoms with Crippen LogP contribution in [0.2, 0.25) is 0 Å². The Kier molecular flexibility index (Phi) is 11.9. The molecule has 0 aliphatic heterocycles. The number of hydrogen-bond acceptors (Lipinski definition) is 2. The Morgan fingerprint density at radius 1 is 1.36 bits per heavy atom. The lowest BCUT2D eigenvalue weighted by Crippen LogP contribution is -2.28. The summed E-state index contributed by atoms with van der Waals surface area (Å²) in [5.41, 5.74) is 2.31. The first-order chi connectivity index (χ1) is 6.54. The number of nitrogens with zero attached hydrogens (tertiary/aromatic N) is 2. The molecule has 0 heterocycles. The predicted octanol–water partition coefficient (Wildman–Crippen LogP) is 4.21. The van der Waals surface area contributed by atoms with Gasteiger partial charge in [-0.3, -0.25) is 4.78 Å². The van der Waals surface area contributed by atoms with Crippen molar-refractivity contribution in [2.45, 2.75) is 27.7 Å². The van der Waals surface area contributed by atoms with E-state index in [0.717, 1.165) is 5.57 Å². The van der Waals surface area contributed by atoms with Crippen molar-refractivity contribution in [2.24, 2.45) is 0 Å². The van der Waals surface area contributed by atoms with Gasteiger partial charge in [0.15, 0.2) is 0 Å². The molecule has 14 heavy (non-hydrogen) atoms. The molecule has 84 valence electrons. The minimum atomic E-state index is 0.709. The summed E-state index contributed by atoms with van der Waals surface area (Å²) in [7, 11) is 4.08. The summed E-state index contributed by atoms with van der Waals surface area (Å²) in [5.74, 6) is 0. The molecule has 0 spiro atoms. The SMILES string of the molecule is C=C(C)/C(=C/C)N(PI)N(C)C.CC. The van der Waals surface area contributed by atoms with E-state index in [2.05, 4.69) is 44.5 Å². The topological polar surface area (TPSA) is 6.48 Å². The maximum absolute atomic E-state index is 3.94. The van der Waals surface area contributed by atoms with Crippen LogP contribution in [0.4, 0.5) is 0 Å². The summed E-state index contributed by atoms with van der Waals surface area (Å²) < 4.78 is 2.20. The van der Waals surface area contributed by atoms with Crippen molar-refractivity contribution in [2.75, 3.05) is 14.1 Å². The molecule has 0 N–H and O–H groups in total. The van der Waals surface area contributed by atoms with Crippen LogP contribution in [0.5, 0.6) is 0 Å². The number of hydrogen-bond donors (Lipinski definition) is 0. The normalized spacial score (nSPS) is 11.6. The molecule has 0 saturated carbocycles. The van der Waals surface area contributed by atoms with Gasteiger partial charge in [0.25, 0.3) is 0 Å². The Labute approximate surface area is 104 Å². The van der Waals surface area contributed by atoms with Gasteiger partial charge in [-0.15, -0.1) is 0 Å². The molecule has 0 saturated heterocycles. The molecule has 0 rings (SSSR count). The number of halogens is 1. The van der Waals surface area contributed by atoms with Crippen molar-refractivity contribution < 1.29 is 0 Å². The molecule has 4 heteroatoms. The lowest BCUT2D eigenvalue weighted by atomic mass is 10.2. The fourth-order valence-electron chi connectivity index (χ4n) is 0.886. The van der Waals surface area contributed by atoms with E-state index < -0.39 is 0 Å². The maximum atomic E-state index is 3.94. The quantitative estimate of drug-likeness (QED) is 0.330. The van der Waals surface area contributed by atoms with Crippen LogP contribution in [0.3, 0.4) is 0 Å². The summed E-state index contributed by atoms with van der Waals surface area (Å²) in [5, 5.41) is 2.08. The first kappa shape index (κ1) is 16.8. The molecule has 0 aliphatic rings. The Bertz CT molecular complexity index is 191. The fraction of sp³-hybridized carbons (Fsp3) is 0.600. The molecule has 0 aromatic carbocycles. The lowest BCUT2D eigenvalue weighted by molar-refractivity contribution is 0.187. The van der Waals surface area contributed by atoms with Crippen LogP contribution in [0.25, 0.3) is 0 Å². The smallest absolute Gasteiger partial charge is 0.0605 e. The fourth-order valence-corrected chi connectivity index (χ4v) is 3.52. The van der Waals surface area contributed by atoms with Gasteiger partial charge in [-0.1, -0.05) is 26.5 Å². The average Bonchev–Trinajstić information content (AvgIpc) is 2.15. The molecule has 0 aromatic rings. The van der Waals surface area contributed by atoms with Crippen LogP contribution in [-0.4, -0.2) is 23.9 Å². The minimum Gasteiger partial charge on any atom is -0.279 e. The second kappa shape index (κ2) is 9.94. The van der Waals surface area contributed by atoms with E-state index in [-0.39, 0.29) is 0 Å². The Hall–Kier alpha value is 0.400. The van der Waals surface area contributed by atoms with Gasteiger partial charge in [-0.25, -0.2) is 5.01 Å². The van der Waals surface area contributed by atoms with Gasteiger partial charge in [0.05, 0.1) is 12.1 Å². The molecule has 0 bridgehead atoms. The molecule has 0 amide bonds. The van der Waals surface area contributed by atoms with Crippen LogP contribution in [0.15, 0.2) is 23.9 Å². The summed E-state index contributed by atoms with van der Waals surface area (Å²) >= 11 is 2.37. The van der Waals surface area contributed by atoms with Crippen LogP contribution in [-0.2, 0) is 0 Å². The Balaban J connectivity index is 0. The zero-order valence-corrected chi connectivity index (χ0v) is 13.2. The number of rotatable bonds is 4. The lowest BCUT2D eigenvalue weighted by Gasteiger charge is -2.30. The third-order valence-corrected chi connectivity index (χ3v) is 3.59. The van der Waals surface area contributed by atoms with E-state index in [9.17, 15) is 0 Å². The van der Waals surface area contributed by atoms with Gasteiger partial charge in [0, 0.05) is 14.1 Å². The Morgan fingerprint density at radius 2 is 1.79 bits per heavy atom. The van der Waals surface area contributed by atoms with E-state index in [0.29, 0.717) is 6.37 Å². The molecule has 0 fully saturated rings. The van der Waals surface area contributed by atoms with Gasteiger partial charge < -0.3 is 0 Å². The largest absolute Gasteiger partial charge is 0.279 e. The zero-order chi connectivity index (χ0) is 11.7. The first-order valence-electron chi connectivity index (χ1n) is 4.70. The van der Waals surface area contributed by atoms with Crippen molar-refractivity contribution in [1.29, 1.82) is 0 Å². The van der Waals surface area contributed by atoms with Crippen molar-refractivity contribution in [1.82, 2.24) is 9.79 Å². The summed E-state index contributed by atoms with van der Waals surface area (Å²) in [6.07, 6.45) is 2.80. The monoisotopic (exact) mass is 328 g/mol. The van der Waals surface area contributed by atoms with Gasteiger partial charge >= 0.3 is 0 Å². The summed E-state index contributed by atoms with van der Waals surface area (Å²) in [4.78, 5) is 0. The Morgan fingerprint density at radius 3 is 1.86 bits per heavy atom. The van der Waals surface area contributed by atoms with E-state index in [1.54, 1.807) is 0 Å². The number of hydrazine groups is 1. The van der Waals surface area contributed by atoms with Crippen LogP contribution in [0.1, 0.15) is 27.7 Å². The van der Waals surface area contributed by atoms with Gasteiger partial charge in [0.1, 0.15) is 0 Å². The van der Waals surface area contributed by atoms with E-state index in [1.165, 1.54) is 5.70 Å². The van der Waals surface area contributed by atoms with Crippen molar-refractivity contribution >= 4 is 28.4 Å². The third kappa shape index (κ3) is 5.99. The van der Waals surface area contributed by atoms with Crippen LogP contribution >= 0.6 is 28.4 Å². The molecular formula is C10H22IN2P. The molecule has 2 nitrogen and oxygen atoms in total. The van der Waals surface area contributed by atoms with Crippen LogP contribution < -0.4 is 0 Å². The highest BCUT2D eigenvalue weighted by Gasteiger charge is 2.09. The first-order valence-corrected chi connectivity index (χ1v) is 8.76. The van der Waals surface area contributed by atoms with Crippen LogP contribution in [0, 0.1) is 0 Å². The standard InChI is InChI=1S/C8H16IN2P.C2H6/c1-6-8(7(2)3)11(12-9)10(4)5;1-2/h6,12H,2H2,1,3-5H3;1-2H3/b8-6-;. The molecule has 1 atom stereocenters. The highest BCUT2D eigenvalue weighted by atomic mass is 127. The van der Waals surface area contributed by atoms with Crippen molar-refractivity contribution in [3.05, 3.63) is 23.9 Å². The highest BCUT2D eigenvalue weighted by molar-refractivity contribution is 14.2. The van der Waals surface area contributed by atoms with E-state index in [4.69, 9.17) is 0 Å². The number of allylic oxidation sites excluding steroid dienone is 2. The summed E-state index contributed by atoms with van der Waals surface area (Å²) in [6.45, 7) is 12.0. The highest BCUT2D eigenvalue weighted by Crippen LogP contribution is 2.34. The van der Waals surface area contributed by atoms with E-state index >= 15 is 0 Å².